The van der Waals surface area contributed by atoms with Crippen molar-refractivity contribution in [3.05, 3.63) is 39.4 Å². The van der Waals surface area contributed by atoms with Crippen molar-refractivity contribution < 1.29 is 19.8 Å². The van der Waals surface area contributed by atoms with Crippen LogP contribution in [-0.4, -0.2) is 22.2 Å². The molecule has 108 valence electrons. The minimum absolute atomic E-state index is 0.00158. The molecule has 0 aliphatic carbocycles. The van der Waals surface area contributed by atoms with E-state index in [0.29, 0.717) is 15.6 Å². The van der Waals surface area contributed by atoms with Crippen LogP contribution in [0.2, 0.25) is 10.0 Å². The molecule has 4 nitrogen and oxygen atoms in total. The molecule has 1 aromatic rings. The normalized spacial score (nSPS) is 12.3. The Bertz CT molecular complexity index is 577. The van der Waals surface area contributed by atoms with Crippen LogP contribution < -0.4 is 0 Å². The summed E-state index contributed by atoms with van der Waals surface area (Å²) in [5.74, 6) is -2.22. The first-order chi connectivity index (χ1) is 9.13. The van der Waals surface area contributed by atoms with Gasteiger partial charge in [0, 0.05) is 11.0 Å². The summed E-state index contributed by atoms with van der Waals surface area (Å²) in [5, 5.41) is 18.8. The van der Waals surface area contributed by atoms with Gasteiger partial charge in [-0.3, -0.25) is 4.79 Å². The number of hydrogen-bond acceptors (Lipinski definition) is 2. The summed E-state index contributed by atoms with van der Waals surface area (Å²) < 4.78 is 0. The number of carbonyl (C=O) groups is 2. The predicted octanol–water partition coefficient (Wildman–Crippen LogP) is 3.96. The minimum atomic E-state index is -1.16. The zero-order valence-electron chi connectivity index (χ0n) is 11.0. The van der Waals surface area contributed by atoms with Gasteiger partial charge in [0.1, 0.15) is 0 Å². The highest BCUT2D eigenvalue weighted by atomic mass is 35.5. The Labute approximate surface area is 126 Å². The van der Waals surface area contributed by atoms with Gasteiger partial charge < -0.3 is 10.2 Å². The Kier molecular flexibility index (Phi) is 5.20. The second-order valence-electron chi connectivity index (χ2n) is 4.99. The quantitative estimate of drug-likeness (QED) is 0.806. The van der Waals surface area contributed by atoms with Gasteiger partial charge in [-0.2, -0.15) is 0 Å². The lowest BCUT2D eigenvalue weighted by molar-refractivity contribution is -0.139. The van der Waals surface area contributed by atoms with Crippen LogP contribution in [0.4, 0.5) is 0 Å². The van der Waals surface area contributed by atoms with Gasteiger partial charge in [-0.05, 0) is 23.8 Å². The molecule has 1 aromatic carbocycles. The van der Waals surface area contributed by atoms with Crippen LogP contribution in [0.15, 0.2) is 23.8 Å². The van der Waals surface area contributed by atoms with Gasteiger partial charge in [-0.25, -0.2) is 4.79 Å². The molecular formula is C14H14Cl2O4. The fraction of sp³-hybridized carbons (Fsp3) is 0.286. The predicted molar refractivity (Wildman–Crippen MR) is 78.1 cm³/mol. The van der Waals surface area contributed by atoms with Crippen LogP contribution in [-0.2, 0) is 9.59 Å². The Balaban J connectivity index is 3.25. The van der Waals surface area contributed by atoms with Crippen molar-refractivity contribution in [2.45, 2.75) is 20.3 Å². The Morgan fingerprint density at radius 3 is 2.25 bits per heavy atom. The van der Waals surface area contributed by atoms with Crippen molar-refractivity contribution in [3.63, 3.8) is 0 Å². The molecule has 2 N–H and O–H groups in total. The maximum atomic E-state index is 11.4. The first kappa shape index (κ1) is 16.5. The van der Waals surface area contributed by atoms with E-state index in [1.807, 2.05) is 0 Å². The van der Waals surface area contributed by atoms with Gasteiger partial charge >= 0.3 is 11.9 Å². The number of aliphatic carboxylic acids is 2. The molecule has 0 saturated heterocycles. The molecule has 0 unspecified atom stereocenters. The van der Waals surface area contributed by atoms with Gasteiger partial charge in [-0.1, -0.05) is 43.1 Å². The molecule has 0 spiro atoms. The van der Waals surface area contributed by atoms with Gasteiger partial charge in [0.15, 0.2) is 0 Å². The lowest BCUT2D eigenvalue weighted by Crippen LogP contribution is -2.24. The van der Waals surface area contributed by atoms with E-state index in [0.717, 1.165) is 0 Å². The summed E-state index contributed by atoms with van der Waals surface area (Å²) in [6.45, 7) is 3.14. The number of carboxylic acid groups (broad SMARTS) is 2. The summed E-state index contributed by atoms with van der Waals surface area (Å²) in [5.41, 5.74) is -0.461. The highest BCUT2D eigenvalue weighted by Gasteiger charge is 2.31. The lowest BCUT2D eigenvalue weighted by atomic mass is 9.80. The third-order valence-electron chi connectivity index (χ3n) is 2.81. The largest absolute Gasteiger partial charge is 0.481 e. The van der Waals surface area contributed by atoms with Gasteiger partial charge in [0.05, 0.1) is 16.5 Å². The zero-order valence-corrected chi connectivity index (χ0v) is 12.5. The molecule has 0 aromatic heterocycles. The molecule has 0 amide bonds. The topological polar surface area (TPSA) is 74.6 Å². The molecule has 0 bridgehead atoms. The molecule has 0 fully saturated rings. The van der Waals surface area contributed by atoms with E-state index in [2.05, 4.69) is 0 Å². The minimum Gasteiger partial charge on any atom is -0.481 e. The molecule has 0 saturated carbocycles. The summed E-state index contributed by atoms with van der Waals surface area (Å²) in [7, 11) is 0. The first-order valence-electron chi connectivity index (χ1n) is 5.76. The molecule has 20 heavy (non-hydrogen) atoms. The van der Waals surface area contributed by atoms with Gasteiger partial charge in [0.2, 0.25) is 0 Å². The van der Waals surface area contributed by atoms with E-state index in [4.69, 9.17) is 28.3 Å². The van der Waals surface area contributed by atoms with E-state index < -0.39 is 17.4 Å². The van der Waals surface area contributed by atoms with Crippen molar-refractivity contribution in [1.29, 1.82) is 0 Å². The Morgan fingerprint density at radius 2 is 1.80 bits per heavy atom. The summed E-state index contributed by atoms with van der Waals surface area (Å²) in [6, 6.07) is 4.71. The van der Waals surface area contributed by atoms with E-state index in [1.54, 1.807) is 26.0 Å². The smallest absolute Gasteiger partial charge is 0.332 e. The fourth-order valence-corrected chi connectivity index (χ4v) is 2.10. The molecule has 0 radical (unpaired) electrons. The number of rotatable bonds is 5. The first-order valence-corrected chi connectivity index (χ1v) is 6.51. The van der Waals surface area contributed by atoms with E-state index >= 15 is 0 Å². The average molecular weight is 317 g/mol. The number of hydrogen-bond donors (Lipinski definition) is 2. The highest BCUT2D eigenvalue weighted by Crippen LogP contribution is 2.33. The number of halogens is 2. The lowest BCUT2D eigenvalue weighted by Gasteiger charge is -2.23. The third-order valence-corrected chi connectivity index (χ3v) is 3.55. The third kappa shape index (κ3) is 4.25. The van der Waals surface area contributed by atoms with E-state index in [-0.39, 0.29) is 12.0 Å². The standard InChI is InChI=1S/C14H14Cl2O4/c1-14(2,7-12(17)18)9(13(19)20)5-8-3-4-10(15)11(16)6-8/h3-6H,7H2,1-2H3,(H,17,18)(H,19,20). The SMILES string of the molecule is CC(C)(CC(=O)O)C(=Cc1ccc(Cl)c(Cl)c1)C(=O)O. The Hall–Kier alpha value is -1.52. The number of carboxylic acids is 2. The zero-order chi connectivity index (χ0) is 15.5. The van der Waals surface area contributed by atoms with Crippen molar-refractivity contribution in [2.75, 3.05) is 0 Å². The molecule has 0 atom stereocenters. The Morgan fingerprint density at radius 1 is 1.20 bits per heavy atom. The van der Waals surface area contributed by atoms with E-state index in [9.17, 15) is 14.7 Å². The molecule has 0 aliphatic heterocycles. The van der Waals surface area contributed by atoms with E-state index in [1.165, 1.54) is 12.1 Å². The summed E-state index contributed by atoms with van der Waals surface area (Å²) >= 11 is 11.7. The van der Waals surface area contributed by atoms with Crippen molar-refractivity contribution >= 4 is 41.2 Å². The van der Waals surface area contributed by atoms with Crippen LogP contribution in [0.25, 0.3) is 6.08 Å². The highest BCUT2D eigenvalue weighted by molar-refractivity contribution is 6.42. The summed E-state index contributed by atoms with van der Waals surface area (Å²) in [4.78, 5) is 22.2. The van der Waals surface area contributed by atoms with Crippen LogP contribution in [0.5, 0.6) is 0 Å². The monoisotopic (exact) mass is 316 g/mol. The molecule has 0 heterocycles. The fourth-order valence-electron chi connectivity index (χ4n) is 1.79. The molecular weight excluding hydrogens is 303 g/mol. The van der Waals surface area contributed by atoms with Gasteiger partial charge in [-0.15, -0.1) is 0 Å². The van der Waals surface area contributed by atoms with Crippen LogP contribution >= 0.6 is 23.2 Å². The molecule has 6 heteroatoms. The second kappa shape index (κ2) is 6.29. The van der Waals surface area contributed by atoms with Crippen molar-refractivity contribution in [2.24, 2.45) is 5.41 Å². The maximum Gasteiger partial charge on any atom is 0.332 e. The van der Waals surface area contributed by atoms with Crippen LogP contribution in [0.1, 0.15) is 25.8 Å². The number of benzene rings is 1. The second-order valence-corrected chi connectivity index (χ2v) is 5.81. The molecule has 1 rings (SSSR count). The maximum absolute atomic E-state index is 11.4. The van der Waals surface area contributed by atoms with Crippen LogP contribution in [0, 0.1) is 5.41 Å². The molecule has 0 aliphatic rings. The summed E-state index contributed by atoms with van der Waals surface area (Å²) in [6.07, 6.45) is 1.12. The van der Waals surface area contributed by atoms with Crippen molar-refractivity contribution in [1.82, 2.24) is 0 Å². The van der Waals surface area contributed by atoms with Gasteiger partial charge in [0.25, 0.3) is 0 Å². The van der Waals surface area contributed by atoms with Crippen molar-refractivity contribution in [3.8, 4) is 0 Å². The van der Waals surface area contributed by atoms with Crippen LogP contribution in [0.3, 0.4) is 0 Å². The average Bonchev–Trinajstić information content (AvgIpc) is 2.28.